The van der Waals surface area contributed by atoms with E-state index in [9.17, 15) is 4.79 Å². The quantitative estimate of drug-likeness (QED) is 0.794. The summed E-state index contributed by atoms with van der Waals surface area (Å²) in [5.74, 6) is 1.57. The number of hydrogen-bond acceptors (Lipinski definition) is 4. The van der Waals surface area contributed by atoms with Gasteiger partial charge in [-0.2, -0.15) is 0 Å². The summed E-state index contributed by atoms with van der Waals surface area (Å²) in [5, 5.41) is 2.99. The van der Waals surface area contributed by atoms with Crippen LogP contribution in [0, 0.1) is 0 Å². The van der Waals surface area contributed by atoms with Crippen LogP contribution in [0.3, 0.4) is 0 Å². The Labute approximate surface area is 126 Å². The van der Waals surface area contributed by atoms with E-state index in [1.165, 1.54) is 0 Å². The highest BCUT2D eigenvalue weighted by atomic mass is 16.5. The zero-order valence-electron chi connectivity index (χ0n) is 13.0. The van der Waals surface area contributed by atoms with Crippen molar-refractivity contribution in [2.45, 2.75) is 32.4 Å². The van der Waals surface area contributed by atoms with Crippen molar-refractivity contribution in [1.82, 2.24) is 10.2 Å². The number of nitrogens with zero attached hydrogens (tertiary/aromatic N) is 1. The molecule has 1 aliphatic rings. The molecule has 1 amide bonds. The van der Waals surface area contributed by atoms with Crippen molar-refractivity contribution in [2.24, 2.45) is 0 Å². The second-order valence-electron chi connectivity index (χ2n) is 5.43. The Balaban J connectivity index is 1.89. The van der Waals surface area contributed by atoms with Crippen LogP contribution in [0.1, 0.15) is 25.3 Å². The van der Waals surface area contributed by atoms with Gasteiger partial charge in [0.25, 0.3) is 0 Å². The highest BCUT2D eigenvalue weighted by Gasteiger charge is 2.23. The number of hydrogen-bond donors (Lipinski definition) is 1. The highest BCUT2D eigenvalue weighted by Crippen LogP contribution is 2.28. The SMILES string of the molecule is CCOc1ccc(CN(C)CC(=O)NC2CC2)cc1OC. The van der Waals surface area contributed by atoms with Gasteiger partial charge in [-0.15, -0.1) is 0 Å². The van der Waals surface area contributed by atoms with Gasteiger partial charge in [-0.3, -0.25) is 9.69 Å². The van der Waals surface area contributed by atoms with Crippen molar-refractivity contribution < 1.29 is 14.3 Å². The monoisotopic (exact) mass is 292 g/mol. The zero-order valence-corrected chi connectivity index (χ0v) is 13.0. The summed E-state index contributed by atoms with van der Waals surface area (Å²) in [5.41, 5.74) is 1.09. The van der Waals surface area contributed by atoms with Crippen LogP contribution < -0.4 is 14.8 Å². The third-order valence-corrected chi connectivity index (χ3v) is 3.34. The van der Waals surface area contributed by atoms with Gasteiger partial charge in [0.2, 0.25) is 5.91 Å². The van der Waals surface area contributed by atoms with Crippen LogP contribution >= 0.6 is 0 Å². The number of ether oxygens (including phenoxy) is 2. The summed E-state index contributed by atoms with van der Waals surface area (Å²) in [6.07, 6.45) is 2.23. The predicted molar refractivity (Wildman–Crippen MR) is 81.7 cm³/mol. The van der Waals surface area contributed by atoms with Crippen molar-refractivity contribution in [1.29, 1.82) is 0 Å². The molecule has 0 spiro atoms. The Morgan fingerprint density at radius 1 is 1.38 bits per heavy atom. The van der Waals surface area contributed by atoms with Crippen LogP contribution in [-0.4, -0.2) is 44.2 Å². The molecule has 0 bridgehead atoms. The van der Waals surface area contributed by atoms with E-state index in [0.717, 1.165) is 29.9 Å². The van der Waals surface area contributed by atoms with E-state index in [2.05, 4.69) is 5.32 Å². The summed E-state index contributed by atoms with van der Waals surface area (Å²) in [6, 6.07) is 6.29. The summed E-state index contributed by atoms with van der Waals surface area (Å²) in [4.78, 5) is 13.8. The molecule has 1 aromatic rings. The summed E-state index contributed by atoms with van der Waals surface area (Å²) >= 11 is 0. The first-order chi connectivity index (χ1) is 10.1. The van der Waals surface area contributed by atoms with Crippen molar-refractivity contribution in [3.8, 4) is 11.5 Å². The number of amides is 1. The summed E-state index contributed by atoms with van der Waals surface area (Å²) < 4.78 is 10.8. The molecule has 0 atom stereocenters. The standard InChI is InChI=1S/C16H24N2O3/c1-4-21-14-8-5-12(9-15(14)20-3)10-18(2)11-16(19)17-13-6-7-13/h5,8-9,13H,4,6-7,10-11H2,1-3H3,(H,17,19). The van der Waals surface area contributed by atoms with Gasteiger partial charge in [-0.25, -0.2) is 0 Å². The molecule has 0 unspecified atom stereocenters. The fourth-order valence-corrected chi connectivity index (χ4v) is 2.20. The predicted octanol–water partition coefficient (Wildman–Crippen LogP) is 1.80. The Morgan fingerprint density at radius 2 is 2.14 bits per heavy atom. The lowest BCUT2D eigenvalue weighted by atomic mass is 10.2. The topological polar surface area (TPSA) is 50.8 Å². The molecule has 116 valence electrons. The lowest BCUT2D eigenvalue weighted by molar-refractivity contribution is -0.122. The third kappa shape index (κ3) is 4.93. The van der Waals surface area contributed by atoms with Crippen LogP contribution in [0.25, 0.3) is 0 Å². The van der Waals surface area contributed by atoms with Gasteiger partial charge in [-0.05, 0) is 44.5 Å². The normalized spacial score (nSPS) is 14.1. The smallest absolute Gasteiger partial charge is 0.234 e. The third-order valence-electron chi connectivity index (χ3n) is 3.34. The van der Waals surface area contributed by atoms with E-state index >= 15 is 0 Å². The first kappa shape index (κ1) is 15.6. The van der Waals surface area contributed by atoms with E-state index in [1.54, 1.807) is 7.11 Å². The molecule has 2 rings (SSSR count). The minimum Gasteiger partial charge on any atom is -0.493 e. The van der Waals surface area contributed by atoms with Gasteiger partial charge in [-0.1, -0.05) is 6.07 Å². The van der Waals surface area contributed by atoms with E-state index in [4.69, 9.17) is 9.47 Å². The van der Waals surface area contributed by atoms with Gasteiger partial charge >= 0.3 is 0 Å². The minimum absolute atomic E-state index is 0.0953. The molecule has 0 aliphatic heterocycles. The molecule has 1 aromatic carbocycles. The van der Waals surface area contributed by atoms with Crippen LogP contribution in [0.5, 0.6) is 11.5 Å². The number of likely N-dealkylation sites (N-methyl/N-ethyl adjacent to an activating group) is 1. The van der Waals surface area contributed by atoms with E-state index in [0.29, 0.717) is 25.7 Å². The Morgan fingerprint density at radius 3 is 2.76 bits per heavy atom. The van der Waals surface area contributed by atoms with Crippen molar-refractivity contribution in [3.63, 3.8) is 0 Å². The summed E-state index contributed by atoms with van der Waals surface area (Å²) in [6.45, 7) is 3.66. The average Bonchev–Trinajstić information content (AvgIpc) is 3.24. The number of carbonyl (C=O) groups is 1. The van der Waals surface area contributed by atoms with Crippen LogP contribution in [0.2, 0.25) is 0 Å². The lowest BCUT2D eigenvalue weighted by Crippen LogP contribution is -2.35. The lowest BCUT2D eigenvalue weighted by Gasteiger charge is -2.17. The fourth-order valence-electron chi connectivity index (χ4n) is 2.20. The molecular formula is C16H24N2O3. The van der Waals surface area contributed by atoms with Crippen molar-refractivity contribution >= 4 is 5.91 Å². The van der Waals surface area contributed by atoms with E-state index in [1.807, 2.05) is 37.1 Å². The molecule has 1 saturated carbocycles. The van der Waals surface area contributed by atoms with E-state index < -0.39 is 0 Å². The summed E-state index contributed by atoms with van der Waals surface area (Å²) in [7, 11) is 3.57. The van der Waals surface area contributed by atoms with Crippen LogP contribution in [-0.2, 0) is 11.3 Å². The van der Waals surface area contributed by atoms with Crippen molar-refractivity contribution in [3.05, 3.63) is 23.8 Å². The largest absolute Gasteiger partial charge is 0.493 e. The Hall–Kier alpha value is -1.75. The minimum atomic E-state index is 0.0953. The van der Waals surface area contributed by atoms with Gasteiger partial charge < -0.3 is 14.8 Å². The molecule has 1 fully saturated rings. The highest BCUT2D eigenvalue weighted by molar-refractivity contribution is 5.78. The number of carbonyl (C=O) groups excluding carboxylic acids is 1. The fraction of sp³-hybridized carbons (Fsp3) is 0.562. The molecule has 0 radical (unpaired) electrons. The zero-order chi connectivity index (χ0) is 15.2. The van der Waals surface area contributed by atoms with Crippen LogP contribution in [0.15, 0.2) is 18.2 Å². The number of benzene rings is 1. The maximum absolute atomic E-state index is 11.8. The van der Waals surface area contributed by atoms with Gasteiger partial charge in [0.1, 0.15) is 0 Å². The molecule has 1 aliphatic carbocycles. The molecule has 1 N–H and O–H groups in total. The van der Waals surface area contributed by atoms with Gasteiger partial charge in [0.15, 0.2) is 11.5 Å². The maximum Gasteiger partial charge on any atom is 0.234 e. The first-order valence-electron chi connectivity index (χ1n) is 7.40. The second-order valence-corrected chi connectivity index (χ2v) is 5.43. The van der Waals surface area contributed by atoms with E-state index in [-0.39, 0.29) is 5.91 Å². The molecule has 0 heterocycles. The molecule has 21 heavy (non-hydrogen) atoms. The molecule has 0 aromatic heterocycles. The molecule has 5 heteroatoms. The number of rotatable bonds is 8. The molecular weight excluding hydrogens is 268 g/mol. The number of nitrogens with one attached hydrogen (secondary N) is 1. The second kappa shape index (κ2) is 7.31. The van der Waals surface area contributed by atoms with Crippen LogP contribution in [0.4, 0.5) is 0 Å². The first-order valence-corrected chi connectivity index (χ1v) is 7.40. The maximum atomic E-state index is 11.8. The van der Waals surface area contributed by atoms with Gasteiger partial charge in [0, 0.05) is 12.6 Å². The Bertz CT molecular complexity index is 486. The Kier molecular flexibility index (Phi) is 5.44. The van der Waals surface area contributed by atoms with Crippen molar-refractivity contribution in [2.75, 3.05) is 27.3 Å². The number of methoxy groups -OCH3 is 1. The molecule has 0 saturated heterocycles. The average molecular weight is 292 g/mol. The molecule has 5 nitrogen and oxygen atoms in total. The van der Waals surface area contributed by atoms with Gasteiger partial charge in [0.05, 0.1) is 20.3 Å².